The highest BCUT2D eigenvalue weighted by atomic mass is 32.1. The Morgan fingerprint density at radius 1 is 1.38 bits per heavy atom. The maximum Gasteiger partial charge on any atom is 0.321 e. The molecule has 0 radical (unpaired) electrons. The van der Waals surface area contributed by atoms with Crippen molar-refractivity contribution < 1.29 is 14.3 Å². The number of nitrogens with zero attached hydrogens (tertiary/aromatic N) is 4. The van der Waals surface area contributed by atoms with Gasteiger partial charge in [0.1, 0.15) is 0 Å². The van der Waals surface area contributed by atoms with Gasteiger partial charge in [-0.15, -0.1) is 11.3 Å². The van der Waals surface area contributed by atoms with E-state index in [1.54, 1.807) is 0 Å². The molecule has 1 amide bonds. The highest BCUT2D eigenvalue weighted by Gasteiger charge is 2.17. The molecular weight excluding hydrogens is 330 g/mol. The maximum atomic E-state index is 12.1. The van der Waals surface area contributed by atoms with Gasteiger partial charge in [-0.25, -0.2) is 0 Å². The Balaban J connectivity index is 1.71. The molecular formula is C15H19N5O3S. The van der Waals surface area contributed by atoms with E-state index in [-0.39, 0.29) is 18.5 Å². The molecule has 0 aromatic carbocycles. The Kier molecular flexibility index (Phi) is 5.21. The average molecular weight is 349 g/mol. The van der Waals surface area contributed by atoms with Gasteiger partial charge in [0, 0.05) is 13.1 Å². The molecule has 0 saturated carbocycles. The van der Waals surface area contributed by atoms with Crippen molar-refractivity contribution in [2.45, 2.75) is 13.5 Å². The first-order chi connectivity index (χ1) is 11.7. The van der Waals surface area contributed by atoms with E-state index in [2.05, 4.69) is 20.3 Å². The van der Waals surface area contributed by atoms with Gasteiger partial charge in [-0.1, -0.05) is 0 Å². The summed E-state index contributed by atoms with van der Waals surface area (Å²) in [5.41, 5.74) is 1.07. The molecule has 1 saturated heterocycles. The molecule has 24 heavy (non-hydrogen) atoms. The number of amides is 1. The van der Waals surface area contributed by atoms with E-state index >= 15 is 0 Å². The van der Waals surface area contributed by atoms with Gasteiger partial charge in [0.25, 0.3) is 5.91 Å². The molecule has 1 N–H and O–H groups in total. The fraction of sp³-hybridized carbons (Fsp3) is 0.467. The number of rotatable bonds is 5. The summed E-state index contributed by atoms with van der Waals surface area (Å²) in [5, 5.41) is 4.77. The van der Waals surface area contributed by atoms with Crippen LogP contribution in [0, 0.1) is 6.92 Å². The number of nitrogens with one attached hydrogen (secondary N) is 1. The predicted molar refractivity (Wildman–Crippen MR) is 89.6 cm³/mol. The zero-order valence-electron chi connectivity index (χ0n) is 13.6. The lowest BCUT2D eigenvalue weighted by atomic mass is 10.3. The van der Waals surface area contributed by atoms with Crippen molar-refractivity contribution in [3.8, 4) is 6.01 Å². The number of anilines is 1. The largest absolute Gasteiger partial charge is 0.467 e. The van der Waals surface area contributed by atoms with Crippen molar-refractivity contribution in [2.24, 2.45) is 0 Å². The molecule has 3 rings (SSSR count). The van der Waals surface area contributed by atoms with Gasteiger partial charge >= 0.3 is 6.01 Å². The molecule has 2 aromatic rings. The Hall–Kier alpha value is -2.26. The molecule has 1 aliphatic heterocycles. The number of carbonyl (C=O) groups excluding carboxylic acids is 1. The number of thiophene rings is 1. The fourth-order valence-corrected chi connectivity index (χ4v) is 3.07. The lowest BCUT2D eigenvalue weighted by Crippen LogP contribution is -2.37. The van der Waals surface area contributed by atoms with Gasteiger partial charge in [-0.3, -0.25) is 4.79 Å². The van der Waals surface area contributed by atoms with Gasteiger partial charge in [-0.2, -0.15) is 15.0 Å². The molecule has 0 unspecified atom stereocenters. The molecule has 0 atom stereocenters. The van der Waals surface area contributed by atoms with Crippen LogP contribution in [0.5, 0.6) is 6.01 Å². The topological polar surface area (TPSA) is 89.5 Å². The minimum atomic E-state index is -0.139. The maximum absolute atomic E-state index is 12.1. The van der Waals surface area contributed by atoms with Crippen LogP contribution in [0.15, 0.2) is 11.4 Å². The third kappa shape index (κ3) is 3.98. The average Bonchev–Trinajstić information content (AvgIpc) is 3.06. The molecule has 2 aromatic heterocycles. The predicted octanol–water partition coefficient (Wildman–Crippen LogP) is 1.02. The van der Waals surface area contributed by atoms with Crippen molar-refractivity contribution in [3.63, 3.8) is 0 Å². The van der Waals surface area contributed by atoms with E-state index in [9.17, 15) is 4.79 Å². The molecule has 3 heterocycles. The fourth-order valence-electron chi connectivity index (χ4n) is 2.26. The van der Waals surface area contributed by atoms with E-state index in [1.165, 1.54) is 18.4 Å². The van der Waals surface area contributed by atoms with Crippen LogP contribution in [0.1, 0.15) is 21.1 Å². The molecule has 1 aliphatic rings. The van der Waals surface area contributed by atoms with Crippen molar-refractivity contribution in [2.75, 3.05) is 38.3 Å². The first-order valence-corrected chi connectivity index (χ1v) is 8.48. The Labute approximate surface area is 143 Å². The van der Waals surface area contributed by atoms with E-state index in [0.717, 1.165) is 5.56 Å². The van der Waals surface area contributed by atoms with Crippen molar-refractivity contribution in [1.29, 1.82) is 0 Å². The second kappa shape index (κ2) is 7.54. The minimum absolute atomic E-state index is 0.139. The normalized spacial score (nSPS) is 14.5. The lowest BCUT2D eigenvalue weighted by molar-refractivity contribution is 0.0953. The van der Waals surface area contributed by atoms with Crippen LogP contribution in [0.4, 0.5) is 5.95 Å². The van der Waals surface area contributed by atoms with E-state index in [1.807, 2.05) is 23.3 Å². The Bertz CT molecular complexity index is 715. The molecule has 9 heteroatoms. The third-order valence-corrected chi connectivity index (χ3v) is 4.53. The van der Waals surface area contributed by atoms with Crippen LogP contribution in [-0.4, -0.2) is 54.3 Å². The van der Waals surface area contributed by atoms with E-state index in [0.29, 0.717) is 43.0 Å². The second-order valence-corrected chi connectivity index (χ2v) is 6.22. The van der Waals surface area contributed by atoms with Crippen molar-refractivity contribution in [1.82, 2.24) is 20.3 Å². The second-order valence-electron chi connectivity index (χ2n) is 5.31. The summed E-state index contributed by atoms with van der Waals surface area (Å²) in [6.45, 7) is 4.88. The van der Waals surface area contributed by atoms with Crippen LogP contribution in [0.2, 0.25) is 0 Å². The van der Waals surface area contributed by atoms with Crippen LogP contribution in [-0.2, 0) is 11.3 Å². The zero-order chi connectivity index (χ0) is 16.9. The molecule has 0 spiro atoms. The van der Waals surface area contributed by atoms with E-state index < -0.39 is 0 Å². The monoisotopic (exact) mass is 349 g/mol. The summed E-state index contributed by atoms with van der Waals surface area (Å²) in [4.78, 5) is 27.7. The number of ether oxygens (including phenoxy) is 2. The van der Waals surface area contributed by atoms with Crippen molar-refractivity contribution >= 4 is 23.2 Å². The highest BCUT2D eigenvalue weighted by molar-refractivity contribution is 7.12. The van der Waals surface area contributed by atoms with Gasteiger partial charge in [0.15, 0.2) is 5.82 Å². The molecule has 8 nitrogen and oxygen atoms in total. The SMILES string of the molecule is COc1nc(CNC(=O)c2cc(C)cs2)nc(N2CCOCC2)n1. The number of hydrogen-bond donors (Lipinski definition) is 1. The van der Waals surface area contributed by atoms with E-state index in [4.69, 9.17) is 9.47 Å². The van der Waals surface area contributed by atoms with Crippen LogP contribution in [0.3, 0.4) is 0 Å². The number of carbonyl (C=O) groups is 1. The minimum Gasteiger partial charge on any atom is -0.467 e. The lowest BCUT2D eigenvalue weighted by Gasteiger charge is -2.26. The number of hydrogen-bond acceptors (Lipinski definition) is 8. The highest BCUT2D eigenvalue weighted by Crippen LogP contribution is 2.15. The molecule has 1 fully saturated rings. The van der Waals surface area contributed by atoms with Gasteiger partial charge in [0.05, 0.1) is 31.7 Å². The molecule has 128 valence electrons. The number of methoxy groups -OCH3 is 1. The summed E-state index contributed by atoms with van der Waals surface area (Å²) in [6, 6.07) is 2.09. The molecule has 0 aliphatic carbocycles. The van der Waals surface area contributed by atoms with Crippen LogP contribution < -0.4 is 15.0 Å². The van der Waals surface area contributed by atoms with Gasteiger partial charge < -0.3 is 19.7 Å². The summed E-state index contributed by atoms with van der Waals surface area (Å²) < 4.78 is 10.5. The van der Waals surface area contributed by atoms with Crippen molar-refractivity contribution in [3.05, 3.63) is 27.7 Å². The van der Waals surface area contributed by atoms with Crippen LogP contribution >= 0.6 is 11.3 Å². The summed E-state index contributed by atoms with van der Waals surface area (Å²) in [7, 11) is 1.51. The standard InChI is InChI=1S/C15H19N5O3S/c1-10-7-11(24-9-10)13(21)16-8-12-17-14(19-15(18-12)22-2)20-3-5-23-6-4-20/h7,9H,3-6,8H2,1-2H3,(H,16,21). The van der Waals surface area contributed by atoms with Gasteiger partial charge in [0.2, 0.25) is 5.95 Å². The number of morpholine rings is 1. The summed E-state index contributed by atoms with van der Waals surface area (Å²) >= 11 is 1.41. The quantitative estimate of drug-likeness (QED) is 0.862. The molecule has 0 bridgehead atoms. The Morgan fingerprint density at radius 3 is 2.83 bits per heavy atom. The summed E-state index contributed by atoms with van der Waals surface area (Å²) in [5.74, 6) is 0.867. The van der Waals surface area contributed by atoms with Gasteiger partial charge in [-0.05, 0) is 23.9 Å². The van der Waals surface area contributed by atoms with Crippen LogP contribution in [0.25, 0.3) is 0 Å². The first kappa shape index (κ1) is 16.6. The first-order valence-electron chi connectivity index (χ1n) is 7.60. The number of aryl methyl sites for hydroxylation is 1. The smallest absolute Gasteiger partial charge is 0.321 e. The number of aromatic nitrogens is 3. The summed E-state index contributed by atoms with van der Waals surface area (Å²) in [6.07, 6.45) is 0. The Morgan fingerprint density at radius 2 is 2.17 bits per heavy atom. The zero-order valence-corrected chi connectivity index (χ0v) is 14.4. The third-order valence-electron chi connectivity index (χ3n) is 3.49.